The Morgan fingerprint density at radius 1 is 0.875 bits per heavy atom. The SMILES string of the molecule is CC1CCN(C2CCN(S(=O)(=O)c3cccc(-c4ccccc4C(F)(F)F)c3)CC2)CC1. The van der Waals surface area contributed by atoms with Crippen LogP contribution in [0.1, 0.15) is 38.2 Å². The van der Waals surface area contributed by atoms with Crippen LogP contribution in [0, 0.1) is 5.92 Å². The fourth-order valence-corrected chi connectivity index (χ4v) is 6.31. The van der Waals surface area contributed by atoms with Crippen LogP contribution in [0.15, 0.2) is 53.4 Å². The Kier molecular flexibility index (Phi) is 6.66. The predicted molar refractivity (Wildman–Crippen MR) is 119 cm³/mol. The molecule has 2 fully saturated rings. The van der Waals surface area contributed by atoms with Crippen molar-refractivity contribution in [3.8, 4) is 11.1 Å². The molecule has 4 nitrogen and oxygen atoms in total. The van der Waals surface area contributed by atoms with Gasteiger partial charge in [-0.2, -0.15) is 17.5 Å². The van der Waals surface area contributed by atoms with Gasteiger partial charge in [0.2, 0.25) is 10.0 Å². The van der Waals surface area contributed by atoms with E-state index in [1.807, 2.05) is 0 Å². The predicted octanol–water partition coefficient (Wildman–Crippen LogP) is 5.26. The van der Waals surface area contributed by atoms with E-state index in [2.05, 4.69) is 11.8 Å². The molecule has 0 spiro atoms. The van der Waals surface area contributed by atoms with Crippen LogP contribution in [-0.4, -0.2) is 49.8 Å². The van der Waals surface area contributed by atoms with Crippen molar-refractivity contribution in [1.29, 1.82) is 0 Å². The fraction of sp³-hybridized carbons (Fsp3) is 0.500. The van der Waals surface area contributed by atoms with E-state index in [1.165, 1.54) is 59.6 Å². The van der Waals surface area contributed by atoms with Gasteiger partial charge in [-0.1, -0.05) is 37.3 Å². The van der Waals surface area contributed by atoms with Crippen molar-refractivity contribution in [1.82, 2.24) is 9.21 Å². The number of benzene rings is 2. The van der Waals surface area contributed by atoms with Crippen molar-refractivity contribution in [3.05, 3.63) is 54.1 Å². The van der Waals surface area contributed by atoms with Gasteiger partial charge in [-0.3, -0.25) is 0 Å². The van der Waals surface area contributed by atoms with Gasteiger partial charge in [0, 0.05) is 19.1 Å². The number of hydrogen-bond donors (Lipinski definition) is 0. The topological polar surface area (TPSA) is 40.6 Å². The molecule has 4 rings (SSSR count). The van der Waals surface area contributed by atoms with Gasteiger partial charge in [-0.15, -0.1) is 0 Å². The Morgan fingerprint density at radius 3 is 2.19 bits per heavy atom. The molecule has 2 aromatic carbocycles. The van der Waals surface area contributed by atoms with E-state index in [1.54, 1.807) is 0 Å². The maximum atomic E-state index is 13.4. The lowest BCUT2D eigenvalue weighted by atomic mass is 9.95. The van der Waals surface area contributed by atoms with E-state index in [9.17, 15) is 21.6 Å². The molecule has 2 saturated heterocycles. The van der Waals surface area contributed by atoms with Crippen LogP contribution in [0.25, 0.3) is 11.1 Å². The highest BCUT2D eigenvalue weighted by atomic mass is 32.2. The number of piperidine rings is 2. The Hall–Kier alpha value is -1.90. The number of likely N-dealkylation sites (tertiary alicyclic amines) is 1. The summed E-state index contributed by atoms with van der Waals surface area (Å²) in [7, 11) is -3.77. The molecule has 0 radical (unpaired) electrons. The van der Waals surface area contributed by atoms with E-state index in [4.69, 9.17) is 0 Å². The lowest BCUT2D eigenvalue weighted by Gasteiger charge is -2.41. The third-order valence-corrected chi connectivity index (χ3v) is 8.67. The molecule has 2 heterocycles. The summed E-state index contributed by atoms with van der Waals surface area (Å²) in [6.07, 6.45) is -0.580. The second-order valence-corrected chi connectivity index (χ2v) is 10.9. The van der Waals surface area contributed by atoms with Crippen molar-refractivity contribution < 1.29 is 21.6 Å². The molecule has 8 heteroatoms. The molecule has 0 saturated carbocycles. The quantitative estimate of drug-likeness (QED) is 0.617. The molecule has 0 atom stereocenters. The molecular formula is C24H29F3N2O2S. The summed E-state index contributed by atoms with van der Waals surface area (Å²) >= 11 is 0. The Morgan fingerprint density at radius 2 is 1.53 bits per heavy atom. The third kappa shape index (κ3) is 4.87. The first-order valence-electron chi connectivity index (χ1n) is 11.2. The molecule has 0 amide bonds. The van der Waals surface area contributed by atoms with E-state index < -0.39 is 21.8 Å². The van der Waals surface area contributed by atoms with Gasteiger partial charge in [-0.25, -0.2) is 8.42 Å². The highest BCUT2D eigenvalue weighted by Crippen LogP contribution is 2.37. The fourth-order valence-electron chi connectivity index (χ4n) is 4.80. The van der Waals surface area contributed by atoms with Crippen LogP contribution in [0.2, 0.25) is 0 Å². The molecule has 0 aromatic heterocycles. The number of halogens is 3. The Bertz CT molecular complexity index is 1040. The summed E-state index contributed by atoms with van der Waals surface area (Å²) in [5.41, 5.74) is -0.544. The molecular weight excluding hydrogens is 437 g/mol. The minimum Gasteiger partial charge on any atom is -0.300 e. The first-order valence-corrected chi connectivity index (χ1v) is 12.6. The van der Waals surface area contributed by atoms with E-state index in [0.29, 0.717) is 19.1 Å². The number of sulfonamides is 1. The van der Waals surface area contributed by atoms with Crippen LogP contribution in [0.5, 0.6) is 0 Å². The first-order chi connectivity index (χ1) is 15.2. The van der Waals surface area contributed by atoms with Crippen molar-refractivity contribution in [2.45, 2.75) is 49.7 Å². The van der Waals surface area contributed by atoms with Crippen molar-refractivity contribution in [2.24, 2.45) is 5.92 Å². The van der Waals surface area contributed by atoms with Gasteiger partial charge in [-0.05, 0) is 74.0 Å². The van der Waals surface area contributed by atoms with Crippen LogP contribution in [0.4, 0.5) is 13.2 Å². The first kappa shape index (κ1) is 23.3. The highest BCUT2D eigenvalue weighted by Gasteiger charge is 2.35. The maximum absolute atomic E-state index is 13.4. The monoisotopic (exact) mass is 466 g/mol. The van der Waals surface area contributed by atoms with Gasteiger partial charge in [0.1, 0.15) is 0 Å². The zero-order chi connectivity index (χ0) is 22.9. The normalized spacial score (nSPS) is 20.5. The molecule has 2 aliphatic rings. The Labute approximate surface area is 188 Å². The molecule has 2 aliphatic heterocycles. The molecule has 2 aromatic rings. The summed E-state index contributed by atoms with van der Waals surface area (Å²) in [5.74, 6) is 0.751. The highest BCUT2D eigenvalue weighted by molar-refractivity contribution is 7.89. The average molecular weight is 467 g/mol. The molecule has 174 valence electrons. The van der Waals surface area contributed by atoms with E-state index >= 15 is 0 Å². The average Bonchev–Trinajstić information content (AvgIpc) is 2.79. The van der Waals surface area contributed by atoms with Gasteiger partial charge < -0.3 is 4.90 Å². The van der Waals surface area contributed by atoms with Crippen LogP contribution >= 0.6 is 0 Å². The Balaban J connectivity index is 1.51. The lowest BCUT2D eigenvalue weighted by Crippen LogP contribution is -2.48. The summed E-state index contributed by atoms with van der Waals surface area (Å²) in [6.45, 7) is 5.27. The van der Waals surface area contributed by atoms with Gasteiger partial charge >= 0.3 is 6.18 Å². The van der Waals surface area contributed by atoms with Crippen LogP contribution in [-0.2, 0) is 16.2 Å². The largest absolute Gasteiger partial charge is 0.417 e. The maximum Gasteiger partial charge on any atom is 0.417 e. The summed E-state index contributed by atoms with van der Waals surface area (Å²) < 4.78 is 68.3. The summed E-state index contributed by atoms with van der Waals surface area (Å²) in [4.78, 5) is 2.52. The third-order valence-electron chi connectivity index (χ3n) is 6.77. The van der Waals surface area contributed by atoms with Gasteiger partial charge in [0.05, 0.1) is 10.5 Å². The van der Waals surface area contributed by atoms with Crippen molar-refractivity contribution in [2.75, 3.05) is 26.2 Å². The van der Waals surface area contributed by atoms with Crippen LogP contribution in [0.3, 0.4) is 0 Å². The van der Waals surface area contributed by atoms with Crippen molar-refractivity contribution in [3.63, 3.8) is 0 Å². The van der Waals surface area contributed by atoms with Gasteiger partial charge in [0.15, 0.2) is 0 Å². The number of rotatable bonds is 4. The second-order valence-electron chi connectivity index (χ2n) is 8.92. The standard InChI is InChI=1S/C24H29F3N2O2S/c1-18-9-13-28(14-10-18)20-11-15-29(16-12-20)32(30,31)21-6-4-5-19(17-21)22-7-2-3-8-23(22)24(25,26)27/h2-8,17-18,20H,9-16H2,1H3. The van der Waals surface area contributed by atoms with Crippen LogP contribution < -0.4 is 0 Å². The number of nitrogens with zero attached hydrogens (tertiary/aromatic N) is 2. The summed E-state index contributed by atoms with van der Waals surface area (Å²) in [6, 6.07) is 11.5. The van der Waals surface area contributed by atoms with E-state index in [-0.39, 0.29) is 16.0 Å². The lowest BCUT2D eigenvalue weighted by molar-refractivity contribution is -0.137. The minimum atomic E-state index is -4.51. The zero-order valence-electron chi connectivity index (χ0n) is 18.2. The number of alkyl halides is 3. The number of hydrogen-bond acceptors (Lipinski definition) is 3. The zero-order valence-corrected chi connectivity index (χ0v) is 19.0. The van der Waals surface area contributed by atoms with Gasteiger partial charge in [0.25, 0.3) is 0 Å². The molecule has 0 N–H and O–H groups in total. The molecule has 0 unspecified atom stereocenters. The molecule has 0 bridgehead atoms. The molecule has 0 aliphatic carbocycles. The minimum absolute atomic E-state index is 0.0184. The summed E-state index contributed by atoms with van der Waals surface area (Å²) in [5, 5.41) is 0. The smallest absolute Gasteiger partial charge is 0.300 e. The second kappa shape index (κ2) is 9.15. The molecule has 32 heavy (non-hydrogen) atoms. The van der Waals surface area contributed by atoms with Crippen molar-refractivity contribution >= 4 is 10.0 Å². The van der Waals surface area contributed by atoms with E-state index in [0.717, 1.165) is 37.9 Å².